The largest absolute Gasteiger partial charge is 0.506 e. The van der Waals surface area contributed by atoms with E-state index in [0.29, 0.717) is 37.1 Å². The average molecular weight is 358 g/mol. The molecule has 1 heterocycles. The Kier molecular flexibility index (Phi) is 5.60. The Labute approximate surface area is 151 Å². The summed E-state index contributed by atoms with van der Waals surface area (Å²) in [7, 11) is 0. The molecule has 3 rings (SSSR count). The zero-order chi connectivity index (χ0) is 17.7. The second kappa shape index (κ2) is 7.89. The second-order valence-electron chi connectivity index (χ2n) is 6.38. The first-order valence-electron chi connectivity index (χ1n) is 8.40. The van der Waals surface area contributed by atoms with Crippen LogP contribution in [0.2, 0.25) is 0 Å². The average Bonchev–Trinajstić information content (AvgIpc) is 2.63. The molecule has 0 unspecified atom stereocenters. The molecule has 0 atom stereocenters. The summed E-state index contributed by atoms with van der Waals surface area (Å²) in [6.07, 6.45) is 3.85. The molecule has 0 bridgehead atoms. The predicted molar refractivity (Wildman–Crippen MR) is 97.4 cm³/mol. The van der Waals surface area contributed by atoms with Gasteiger partial charge in [-0.05, 0) is 49.9 Å². The van der Waals surface area contributed by atoms with Gasteiger partial charge in [0.1, 0.15) is 11.4 Å². The van der Waals surface area contributed by atoms with Crippen molar-refractivity contribution in [1.82, 2.24) is 10.3 Å². The van der Waals surface area contributed by atoms with Crippen molar-refractivity contribution in [2.75, 3.05) is 5.75 Å². The molecule has 5 nitrogen and oxygen atoms in total. The number of hydrogen-bond donors (Lipinski definition) is 3. The predicted octanol–water partition coefficient (Wildman–Crippen LogP) is 2.83. The Morgan fingerprint density at radius 1 is 1.20 bits per heavy atom. The molecule has 1 saturated carbocycles. The van der Waals surface area contributed by atoms with Crippen LogP contribution in [0.4, 0.5) is 0 Å². The molecule has 1 amide bonds. The van der Waals surface area contributed by atoms with E-state index in [2.05, 4.69) is 10.3 Å². The molecule has 2 aromatic rings. The molecule has 0 radical (unpaired) electrons. The van der Waals surface area contributed by atoms with Gasteiger partial charge in [-0.15, -0.1) is 11.8 Å². The van der Waals surface area contributed by atoms with Crippen molar-refractivity contribution in [3.8, 4) is 5.75 Å². The van der Waals surface area contributed by atoms with E-state index in [1.54, 1.807) is 6.07 Å². The van der Waals surface area contributed by atoms with Crippen molar-refractivity contribution in [1.29, 1.82) is 0 Å². The molecule has 132 valence electrons. The first-order valence-corrected chi connectivity index (χ1v) is 9.39. The minimum atomic E-state index is -0.978. The number of carbonyl (C=O) groups excluding carboxylic acids is 1. The van der Waals surface area contributed by atoms with Crippen molar-refractivity contribution >= 4 is 17.7 Å². The van der Waals surface area contributed by atoms with Crippen molar-refractivity contribution in [3.05, 3.63) is 54.4 Å². The van der Waals surface area contributed by atoms with E-state index in [1.807, 2.05) is 30.3 Å². The van der Waals surface area contributed by atoms with Crippen LogP contribution in [-0.4, -0.2) is 32.9 Å². The molecule has 1 fully saturated rings. The van der Waals surface area contributed by atoms with Gasteiger partial charge in [0.05, 0.1) is 17.6 Å². The van der Waals surface area contributed by atoms with Gasteiger partial charge in [0, 0.05) is 10.9 Å². The Morgan fingerprint density at radius 3 is 2.56 bits per heavy atom. The summed E-state index contributed by atoms with van der Waals surface area (Å²) in [5.74, 6) is 0.501. The third kappa shape index (κ3) is 4.74. The normalized spacial score (nSPS) is 23.2. The third-order valence-corrected chi connectivity index (χ3v) is 5.53. The highest BCUT2D eigenvalue weighted by molar-refractivity contribution is 8.00. The molecule has 6 heteroatoms. The summed E-state index contributed by atoms with van der Waals surface area (Å²) in [6.45, 7) is 0. The van der Waals surface area contributed by atoms with Gasteiger partial charge in [0.2, 0.25) is 5.91 Å². The number of nitrogens with one attached hydrogen (secondary N) is 1. The molecule has 25 heavy (non-hydrogen) atoms. The van der Waals surface area contributed by atoms with Gasteiger partial charge in [-0.3, -0.25) is 9.78 Å². The molecular weight excluding hydrogens is 336 g/mol. The highest BCUT2D eigenvalue weighted by Crippen LogP contribution is 2.36. The number of thioether (sulfide) groups is 1. The van der Waals surface area contributed by atoms with E-state index in [9.17, 15) is 15.0 Å². The third-order valence-electron chi connectivity index (χ3n) is 4.52. The molecule has 0 saturated heterocycles. The number of nitrogens with zero attached hydrogens (tertiary/aromatic N) is 1. The van der Waals surface area contributed by atoms with Crippen molar-refractivity contribution < 1.29 is 15.0 Å². The van der Waals surface area contributed by atoms with Crippen LogP contribution >= 0.6 is 11.8 Å². The molecular formula is C19H22N2O3S. The summed E-state index contributed by atoms with van der Waals surface area (Å²) in [5, 5.41) is 23.2. The Balaban J connectivity index is 1.47. The van der Waals surface area contributed by atoms with E-state index >= 15 is 0 Å². The van der Waals surface area contributed by atoms with Crippen LogP contribution < -0.4 is 5.32 Å². The van der Waals surface area contributed by atoms with Crippen molar-refractivity contribution in [2.45, 2.75) is 42.2 Å². The van der Waals surface area contributed by atoms with Crippen molar-refractivity contribution in [2.24, 2.45) is 0 Å². The number of hydrogen-bond acceptors (Lipinski definition) is 5. The van der Waals surface area contributed by atoms with Crippen LogP contribution in [0, 0.1) is 0 Å². The number of benzene rings is 1. The summed E-state index contributed by atoms with van der Waals surface area (Å²) >= 11 is 1.52. The van der Waals surface area contributed by atoms with E-state index < -0.39 is 5.60 Å². The minimum Gasteiger partial charge on any atom is -0.506 e. The van der Waals surface area contributed by atoms with E-state index in [1.165, 1.54) is 24.0 Å². The number of aliphatic hydroxyl groups is 1. The number of aromatic hydroxyl groups is 1. The van der Waals surface area contributed by atoms with Gasteiger partial charge < -0.3 is 15.5 Å². The molecule has 1 aromatic carbocycles. The maximum Gasteiger partial charge on any atom is 0.230 e. The fourth-order valence-corrected chi connectivity index (χ4v) is 3.82. The molecule has 3 N–H and O–H groups in total. The highest BCUT2D eigenvalue weighted by atomic mass is 32.2. The van der Waals surface area contributed by atoms with Gasteiger partial charge >= 0.3 is 0 Å². The summed E-state index contributed by atoms with van der Waals surface area (Å²) in [5.41, 5.74) is -0.400. The number of rotatable bonds is 5. The summed E-state index contributed by atoms with van der Waals surface area (Å²) < 4.78 is 0. The fourth-order valence-electron chi connectivity index (χ4n) is 3.09. The first-order chi connectivity index (χ1) is 12.0. The van der Waals surface area contributed by atoms with Crippen LogP contribution in [-0.2, 0) is 10.4 Å². The lowest BCUT2D eigenvalue weighted by Gasteiger charge is -2.35. The number of amides is 1. The lowest BCUT2D eigenvalue weighted by molar-refractivity contribution is -0.120. The zero-order valence-corrected chi connectivity index (χ0v) is 14.7. The summed E-state index contributed by atoms with van der Waals surface area (Å²) in [6, 6.07) is 13.1. The lowest BCUT2D eigenvalue weighted by Crippen LogP contribution is -2.43. The smallest absolute Gasteiger partial charge is 0.230 e. The van der Waals surface area contributed by atoms with E-state index in [0.717, 1.165) is 4.90 Å². The topological polar surface area (TPSA) is 82.5 Å². The summed E-state index contributed by atoms with van der Waals surface area (Å²) in [4.78, 5) is 17.3. The Morgan fingerprint density at radius 2 is 1.92 bits per heavy atom. The van der Waals surface area contributed by atoms with Gasteiger partial charge in [-0.2, -0.15) is 0 Å². The first kappa shape index (κ1) is 17.8. The molecule has 1 aliphatic rings. The molecule has 1 aliphatic carbocycles. The highest BCUT2D eigenvalue weighted by Gasteiger charge is 2.36. The quantitative estimate of drug-likeness (QED) is 0.716. The van der Waals surface area contributed by atoms with Crippen LogP contribution in [0.1, 0.15) is 31.4 Å². The van der Waals surface area contributed by atoms with E-state index in [4.69, 9.17) is 0 Å². The monoisotopic (exact) mass is 358 g/mol. The van der Waals surface area contributed by atoms with Gasteiger partial charge in [-0.25, -0.2) is 0 Å². The maximum absolute atomic E-state index is 12.1. The fraction of sp³-hybridized carbons (Fsp3) is 0.368. The van der Waals surface area contributed by atoms with Gasteiger partial charge in [0.25, 0.3) is 0 Å². The molecule has 0 spiro atoms. The zero-order valence-electron chi connectivity index (χ0n) is 13.9. The standard InChI is InChI=1S/C19H22N2O3S/c22-15-6-7-17(20-12-15)19(24)10-8-14(9-11-19)21-18(23)13-25-16-4-2-1-3-5-16/h1-7,12,14,22,24H,8-11,13H2,(H,21,23)/t14-,19-. The molecule has 1 aromatic heterocycles. The SMILES string of the molecule is O=C(CSc1ccccc1)N[C@H]1CC[C@@](O)(c2ccc(O)cn2)CC1. The van der Waals surface area contributed by atoms with Crippen LogP contribution in [0.15, 0.2) is 53.6 Å². The number of carbonyl (C=O) groups is 1. The number of pyridine rings is 1. The minimum absolute atomic E-state index is 0.0204. The van der Waals surface area contributed by atoms with Crippen LogP contribution in [0.25, 0.3) is 0 Å². The van der Waals surface area contributed by atoms with Crippen LogP contribution in [0.5, 0.6) is 5.75 Å². The Hall–Kier alpha value is -2.05. The lowest BCUT2D eigenvalue weighted by atomic mass is 9.80. The Bertz CT molecular complexity index is 698. The second-order valence-corrected chi connectivity index (χ2v) is 7.43. The van der Waals surface area contributed by atoms with Gasteiger partial charge in [-0.1, -0.05) is 18.2 Å². The molecule has 0 aliphatic heterocycles. The van der Waals surface area contributed by atoms with Gasteiger partial charge in [0.15, 0.2) is 0 Å². The van der Waals surface area contributed by atoms with Crippen LogP contribution in [0.3, 0.4) is 0 Å². The van der Waals surface area contributed by atoms with Crippen molar-refractivity contribution in [3.63, 3.8) is 0 Å². The maximum atomic E-state index is 12.1. The number of aromatic nitrogens is 1. The van der Waals surface area contributed by atoms with E-state index in [-0.39, 0.29) is 17.7 Å².